The minimum atomic E-state index is -0.315. The molecule has 1 amide bonds. The fourth-order valence-corrected chi connectivity index (χ4v) is 1.53. The van der Waals surface area contributed by atoms with Crippen LogP contribution in [-0.2, 0) is 4.79 Å². The highest BCUT2D eigenvalue weighted by Gasteiger charge is 2.20. The lowest BCUT2D eigenvalue weighted by Gasteiger charge is -2.14. The summed E-state index contributed by atoms with van der Waals surface area (Å²) in [5.41, 5.74) is 0.875. The van der Waals surface area contributed by atoms with E-state index < -0.39 is 0 Å². The zero-order valence-electron chi connectivity index (χ0n) is 9.16. The zero-order chi connectivity index (χ0) is 11.4. The van der Waals surface area contributed by atoms with Gasteiger partial charge in [0.2, 0.25) is 11.9 Å². The van der Waals surface area contributed by atoms with Crippen LogP contribution in [0.25, 0.3) is 0 Å². The summed E-state index contributed by atoms with van der Waals surface area (Å²) in [4.78, 5) is 19.9. The van der Waals surface area contributed by atoms with Gasteiger partial charge in [-0.05, 0) is 13.0 Å². The van der Waals surface area contributed by atoms with E-state index in [1.54, 1.807) is 6.20 Å². The van der Waals surface area contributed by atoms with Gasteiger partial charge in [0.05, 0.1) is 0 Å². The average molecular weight is 221 g/mol. The van der Waals surface area contributed by atoms with Crippen LogP contribution in [0.2, 0.25) is 0 Å². The first-order chi connectivity index (χ1) is 7.75. The Morgan fingerprint density at radius 3 is 3.19 bits per heavy atom. The lowest BCUT2D eigenvalue weighted by molar-refractivity contribution is -0.121. The van der Waals surface area contributed by atoms with Gasteiger partial charge >= 0.3 is 0 Å². The Morgan fingerprint density at radius 1 is 1.50 bits per heavy atom. The molecule has 0 aromatic carbocycles. The molecule has 1 aromatic heterocycles. The summed E-state index contributed by atoms with van der Waals surface area (Å²) < 4.78 is 0. The largest absolute Gasteiger partial charge is 0.353 e. The first kappa shape index (κ1) is 10.8. The highest BCUT2D eigenvalue weighted by Crippen LogP contribution is 2.02. The van der Waals surface area contributed by atoms with E-state index in [0.29, 0.717) is 19.0 Å². The van der Waals surface area contributed by atoms with E-state index in [2.05, 4.69) is 25.9 Å². The molecule has 1 unspecified atom stereocenters. The number of rotatable bonds is 2. The van der Waals surface area contributed by atoms with E-state index in [9.17, 15) is 4.79 Å². The Kier molecular flexibility index (Phi) is 3.31. The number of aromatic nitrogens is 2. The summed E-state index contributed by atoms with van der Waals surface area (Å²) in [7, 11) is 0. The van der Waals surface area contributed by atoms with E-state index in [0.717, 1.165) is 12.2 Å². The molecule has 1 atom stereocenters. The molecule has 2 heterocycles. The van der Waals surface area contributed by atoms with Crippen molar-refractivity contribution in [1.82, 2.24) is 20.6 Å². The maximum Gasteiger partial charge on any atom is 0.243 e. The summed E-state index contributed by atoms with van der Waals surface area (Å²) in [6.07, 6.45) is 1.67. The van der Waals surface area contributed by atoms with E-state index in [-0.39, 0.29) is 11.9 Å². The fourth-order valence-electron chi connectivity index (χ4n) is 1.53. The van der Waals surface area contributed by atoms with Crippen LogP contribution < -0.4 is 16.0 Å². The molecule has 0 spiro atoms. The van der Waals surface area contributed by atoms with Gasteiger partial charge in [-0.25, -0.2) is 9.97 Å². The molecule has 16 heavy (non-hydrogen) atoms. The first-order valence-corrected chi connectivity index (χ1v) is 5.30. The molecule has 0 saturated carbocycles. The SMILES string of the molecule is Cc1ccnc(NC2CNCCNC2=O)n1. The van der Waals surface area contributed by atoms with Crippen LogP contribution >= 0.6 is 0 Å². The second kappa shape index (κ2) is 4.89. The molecule has 1 saturated heterocycles. The van der Waals surface area contributed by atoms with Gasteiger partial charge in [0.15, 0.2) is 0 Å². The number of carbonyl (C=O) groups excluding carboxylic acids is 1. The third-order valence-corrected chi connectivity index (χ3v) is 2.36. The zero-order valence-corrected chi connectivity index (χ0v) is 9.16. The quantitative estimate of drug-likeness (QED) is 0.614. The van der Waals surface area contributed by atoms with E-state index in [1.807, 2.05) is 13.0 Å². The van der Waals surface area contributed by atoms with Gasteiger partial charge in [-0.2, -0.15) is 0 Å². The third-order valence-electron chi connectivity index (χ3n) is 2.36. The molecule has 1 aromatic rings. The second-order valence-electron chi connectivity index (χ2n) is 3.71. The van der Waals surface area contributed by atoms with Crippen LogP contribution in [0.1, 0.15) is 5.69 Å². The standard InChI is InChI=1S/C10H15N5O/c1-7-2-3-13-10(14-7)15-8-6-11-4-5-12-9(8)16/h2-3,8,11H,4-6H2,1H3,(H,12,16)(H,13,14,15). The number of nitrogens with zero attached hydrogens (tertiary/aromatic N) is 2. The number of nitrogens with one attached hydrogen (secondary N) is 3. The van der Waals surface area contributed by atoms with Gasteiger partial charge in [0.25, 0.3) is 0 Å². The lowest BCUT2D eigenvalue weighted by atomic mass is 10.3. The van der Waals surface area contributed by atoms with Crippen LogP contribution in [0.15, 0.2) is 12.3 Å². The Morgan fingerprint density at radius 2 is 2.38 bits per heavy atom. The number of anilines is 1. The Bertz CT molecular complexity index is 381. The monoisotopic (exact) mass is 221 g/mol. The van der Waals surface area contributed by atoms with Gasteiger partial charge in [0, 0.05) is 31.5 Å². The van der Waals surface area contributed by atoms with Crippen molar-refractivity contribution in [3.63, 3.8) is 0 Å². The van der Waals surface area contributed by atoms with Crippen molar-refractivity contribution in [1.29, 1.82) is 0 Å². The van der Waals surface area contributed by atoms with E-state index >= 15 is 0 Å². The highest BCUT2D eigenvalue weighted by atomic mass is 16.2. The summed E-state index contributed by atoms with van der Waals surface area (Å²) in [6, 6.07) is 1.50. The Hall–Kier alpha value is -1.69. The van der Waals surface area contributed by atoms with Crippen molar-refractivity contribution >= 4 is 11.9 Å². The molecule has 0 bridgehead atoms. The molecule has 0 aliphatic carbocycles. The van der Waals surface area contributed by atoms with Crippen molar-refractivity contribution < 1.29 is 4.79 Å². The molecule has 3 N–H and O–H groups in total. The molecule has 6 heteroatoms. The minimum Gasteiger partial charge on any atom is -0.353 e. The van der Waals surface area contributed by atoms with E-state index in [1.165, 1.54) is 0 Å². The van der Waals surface area contributed by atoms with Crippen LogP contribution in [0.4, 0.5) is 5.95 Å². The third kappa shape index (κ3) is 2.66. The van der Waals surface area contributed by atoms with Gasteiger partial charge in [-0.1, -0.05) is 0 Å². The summed E-state index contributed by atoms with van der Waals surface area (Å²) in [5.74, 6) is 0.471. The number of aryl methyl sites for hydroxylation is 1. The predicted molar refractivity (Wildman–Crippen MR) is 60.1 cm³/mol. The van der Waals surface area contributed by atoms with Gasteiger partial charge in [-0.15, -0.1) is 0 Å². The molecule has 6 nitrogen and oxygen atoms in total. The lowest BCUT2D eigenvalue weighted by Crippen LogP contribution is -2.42. The molecule has 1 aliphatic rings. The van der Waals surface area contributed by atoms with Crippen molar-refractivity contribution in [2.75, 3.05) is 25.0 Å². The van der Waals surface area contributed by atoms with Crippen LogP contribution in [0.3, 0.4) is 0 Å². The number of carbonyl (C=O) groups is 1. The van der Waals surface area contributed by atoms with Gasteiger partial charge < -0.3 is 16.0 Å². The van der Waals surface area contributed by atoms with Crippen LogP contribution in [0, 0.1) is 6.92 Å². The number of hydrogen-bond donors (Lipinski definition) is 3. The molecular formula is C10H15N5O. The topological polar surface area (TPSA) is 78.9 Å². The Labute approximate surface area is 93.9 Å². The first-order valence-electron chi connectivity index (χ1n) is 5.30. The summed E-state index contributed by atoms with van der Waals surface area (Å²) in [5, 5.41) is 8.99. The smallest absolute Gasteiger partial charge is 0.243 e. The van der Waals surface area contributed by atoms with E-state index in [4.69, 9.17) is 0 Å². The Balaban J connectivity index is 2.05. The van der Waals surface area contributed by atoms with Crippen LogP contribution in [-0.4, -0.2) is 41.6 Å². The number of hydrogen-bond acceptors (Lipinski definition) is 5. The fraction of sp³-hybridized carbons (Fsp3) is 0.500. The van der Waals surface area contributed by atoms with Crippen molar-refractivity contribution in [3.8, 4) is 0 Å². The van der Waals surface area contributed by atoms with Gasteiger partial charge in [-0.3, -0.25) is 4.79 Å². The molecule has 86 valence electrons. The summed E-state index contributed by atoms with van der Waals surface area (Å²) in [6.45, 7) is 3.92. The molecule has 1 aliphatic heterocycles. The van der Waals surface area contributed by atoms with Crippen molar-refractivity contribution in [3.05, 3.63) is 18.0 Å². The number of amides is 1. The average Bonchev–Trinajstić information content (AvgIpc) is 2.45. The van der Waals surface area contributed by atoms with Crippen molar-refractivity contribution in [2.45, 2.75) is 13.0 Å². The molecule has 2 rings (SSSR count). The highest BCUT2D eigenvalue weighted by molar-refractivity contribution is 5.84. The second-order valence-corrected chi connectivity index (χ2v) is 3.71. The minimum absolute atomic E-state index is 0.0184. The van der Waals surface area contributed by atoms with Crippen LogP contribution in [0.5, 0.6) is 0 Å². The van der Waals surface area contributed by atoms with Crippen molar-refractivity contribution in [2.24, 2.45) is 0 Å². The molecule has 1 fully saturated rings. The summed E-state index contributed by atoms with van der Waals surface area (Å²) >= 11 is 0. The normalized spacial score (nSPS) is 21.1. The maximum absolute atomic E-state index is 11.6. The molecule has 0 radical (unpaired) electrons. The molecular weight excluding hydrogens is 206 g/mol. The maximum atomic E-state index is 11.6. The predicted octanol–water partition coefficient (Wildman–Crippen LogP) is -0.715. The van der Waals surface area contributed by atoms with Gasteiger partial charge in [0.1, 0.15) is 6.04 Å².